The molecule has 4 aromatic rings. The molecule has 4 rings (SSSR count). The summed E-state index contributed by atoms with van der Waals surface area (Å²) in [6, 6.07) is 15.8. The van der Waals surface area contributed by atoms with Crippen molar-refractivity contribution in [2.24, 2.45) is 0 Å². The number of alkyl carbamates (subject to hydrolysis) is 1. The molecule has 2 N–H and O–H groups in total. The Kier molecular flexibility index (Phi) is 6.35. The fourth-order valence-electron chi connectivity index (χ4n) is 2.86. The molecular weight excluding hydrogens is 410 g/mol. The summed E-state index contributed by atoms with van der Waals surface area (Å²) in [5, 5.41) is 11.0. The van der Waals surface area contributed by atoms with Crippen molar-refractivity contribution < 1.29 is 9.53 Å². The van der Waals surface area contributed by atoms with Gasteiger partial charge in [0.2, 0.25) is 0 Å². The third kappa shape index (κ3) is 4.97. The molecule has 31 heavy (non-hydrogen) atoms. The number of nitrogens with one attached hydrogen (secondary N) is 2. The van der Waals surface area contributed by atoms with Crippen LogP contribution in [0.4, 0.5) is 4.79 Å². The van der Waals surface area contributed by atoms with Gasteiger partial charge in [0.25, 0.3) is 0 Å². The molecule has 1 amide bonds. The van der Waals surface area contributed by atoms with Crippen LogP contribution in [0.1, 0.15) is 12.6 Å². The minimum atomic E-state index is -0.527. The number of pyridine rings is 1. The van der Waals surface area contributed by atoms with Crippen LogP contribution >= 0.6 is 11.3 Å². The van der Waals surface area contributed by atoms with Crippen LogP contribution in [0.2, 0.25) is 0 Å². The number of carbonyl (C=O) groups is 1. The largest absolute Gasteiger partial charge is 0.436 e. The number of hydrogen-bond donors (Lipinski definition) is 2. The number of aromatic amines is 1. The average Bonchev–Trinajstić information content (AvgIpc) is 3.46. The summed E-state index contributed by atoms with van der Waals surface area (Å²) in [7, 11) is 0. The third-order valence-corrected chi connectivity index (χ3v) is 5.45. The quantitative estimate of drug-likeness (QED) is 0.440. The van der Waals surface area contributed by atoms with E-state index in [-0.39, 0.29) is 13.2 Å². The fourth-order valence-corrected chi connectivity index (χ4v) is 3.90. The summed E-state index contributed by atoms with van der Waals surface area (Å²) in [4.78, 5) is 21.7. The van der Waals surface area contributed by atoms with Gasteiger partial charge in [-0.2, -0.15) is 5.10 Å². The normalized spacial score (nSPS) is 10.2. The summed E-state index contributed by atoms with van der Waals surface area (Å²) >= 11 is 1.55. The standard InChI is InChI=1S/C23H19N5O2S/c1-2-3-12-30-23(29)25-15-18-13-19(28-27-18)21-20(16-8-5-4-6-9-16)26-22(31-21)17-10-7-11-24-14-17/h4-11,13-14H,12,15H2,1H3,(H,25,29)(H,27,28). The van der Waals surface area contributed by atoms with Crippen molar-refractivity contribution in [3.05, 3.63) is 66.6 Å². The van der Waals surface area contributed by atoms with E-state index in [0.29, 0.717) is 0 Å². The number of carbonyl (C=O) groups excluding carboxylic acids is 1. The highest BCUT2D eigenvalue weighted by molar-refractivity contribution is 7.18. The second-order valence-electron chi connectivity index (χ2n) is 6.44. The number of thiazole rings is 1. The zero-order valence-electron chi connectivity index (χ0n) is 16.8. The zero-order chi connectivity index (χ0) is 21.5. The number of aromatic nitrogens is 4. The van der Waals surface area contributed by atoms with Crippen LogP contribution in [0.5, 0.6) is 0 Å². The zero-order valence-corrected chi connectivity index (χ0v) is 17.6. The third-order valence-electron chi connectivity index (χ3n) is 4.32. The van der Waals surface area contributed by atoms with Crippen LogP contribution < -0.4 is 5.32 Å². The number of hydrogen-bond acceptors (Lipinski definition) is 6. The molecule has 7 nitrogen and oxygen atoms in total. The van der Waals surface area contributed by atoms with Crippen LogP contribution in [0.3, 0.4) is 0 Å². The van der Waals surface area contributed by atoms with E-state index >= 15 is 0 Å². The first-order valence-corrected chi connectivity index (χ1v) is 10.4. The van der Waals surface area contributed by atoms with Gasteiger partial charge in [-0.1, -0.05) is 36.3 Å². The summed E-state index contributed by atoms with van der Waals surface area (Å²) in [6.45, 7) is 2.02. The van der Waals surface area contributed by atoms with Crippen molar-refractivity contribution in [1.82, 2.24) is 25.5 Å². The van der Waals surface area contributed by atoms with Gasteiger partial charge in [0.15, 0.2) is 6.61 Å². The lowest BCUT2D eigenvalue weighted by Crippen LogP contribution is -2.24. The molecule has 154 valence electrons. The maximum absolute atomic E-state index is 11.7. The predicted molar refractivity (Wildman–Crippen MR) is 120 cm³/mol. The molecule has 0 aliphatic rings. The molecule has 0 atom stereocenters. The first-order valence-electron chi connectivity index (χ1n) is 9.56. The van der Waals surface area contributed by atoms with Gasteiger partial charge in [-0.25, -0.2) is 9.78 Å². The smallest absolute Gasteiger partial charge is 0.408 e. The van der Waals surface area contributed by atoms with Crippen molar-refractivity contribution in [2.75, 3.05) is 6.61 Å². The maximum Gasteiger partial charge on any atom is 0.408 e. The van der Waals surface area contributed by atoms with Gasteiger partial charge in [0.05, 0.1) is 22.8 Å². The Morgan fingerprint density at radius 2 is 2.03 bits per heavy atom. The molecule has 1 aromatic carbocycles. The molecular formula is C23H19N5O2S. The summed E-state index contributed by atoms with van der Waals surface area (Å²) in [5.41, 5.74) is 4.32. The van der Waals surface area contributed by atoms with Gasteiger partial charge in [0, 0.05) is 23.5 Å². The van der Waals surface area contributed by atoms with Crippen LogP contribution in [0.15, 0.2) is 60.9 Å². The number of benzene rings is 1. The van der Waals surface area contributed by atoms with Gasteiger partial charge in [-0.3, -0.25) is 10.1 Å². The lowest BCUT2D eigenvalue weighted by molar-refractivity contribution is 0.159. The Hall–Kier alpha value is -3.96. The highest BCUT2D eigenvalue weighted by atomic mass is 32.1. The van der Waals surface area contributed by atoms with E-state index in [9.17, 15) is 4.79 Å². The highest BCUT2D eigenvalue weighted by Gasteiger charge is 2.18. The van der Waals surface area contributed by atoms with E-state index in [4.69, 9.17) is 9.72 Å². The summed E-state index contributed by atoms with van der Waals surface area (Å²) < 4.78 is 4.95. The molecule has 0 unspecified atom stereocenters. The van der Waals surface area contributed by atoms with Gasteiger partial charge in [0.1, 0.15) is 10.7 Å². The monoisotopic (exact) mass is 429 g/mol. The first kappa shape index (κ1) is 20.3. The Labute approximate surface area is 183 Å². The van der Waals surface area contributed by atoms with Crippen molar-refractivity contribution in [2.45, 2.75) is 13.5 Å². The Balaban J connectivity index is 1.59. The van der Waals surface area contributed by atoms with Gasteiger partial charge < -0.3 is 10.1 Å². The van der Waals surface area contributed by atoms with E-state index in [1.54, 1.807) is 30.7 Å². The first-order chi connectivity index (χ1) is 15.2. The second kappa shape index (κ2) is 9.69. The van der Waals surface area contributed by atoms with Crippen LogP contribution in [-0.2, 0) is 11.3 Å². The van der Waals surface area contributed by atoms with Crippen molar-refractivity contribution >= 4 is 17.4 Å². The Morgan fingerprint density at radius 3 is 2.81 bits per heavy atom. The number of nitrogens with zero attached hydrogens (tertiary/aromatic N) is 3. The van der Waals surface area contributed by atoms with Crippen LogP contribution in [0.25, 0.3) is 32.4 Å². The van der Waals surface area contributed by atoms with E-state index in [0.717, 1.165) is 38.1 Å². The lowest BCUT2D eigenvalue weighted by atomic mass is 10.1. The molecule has 0 radical (unpaired) electrons. The second-order valence-corrected chi connectivity index (χ2v) is 7.44. The molecule has 0 bridgehead atoms. The molecule has 0 saturated carbocycles. The maximum atomic E-state index is 11.7. The topological polar surface area (TPSA) is 92.8 Å². The van der Waals surface area contributed by atoms with Crippen LogP contribution in [0, 0.1) is 11.8 Å². The minimum absolute atomic E-state index is 0.0645. The molecule has 0 fully saturated rings. The summed E-state index contributed by atoms with van der Waals surface area (Å²) in [5.74, 6) is 5.35. The number of H-pyrrole nitrogens is 1. The van der Waals surface area contributed by atoms with Crippen LogP contribution in [-0.4, -0.2) is 32.9 Å². The van der Waals surface area contributed by atoms with E-state index < -0.39 is 6.09 Å². The SMILES string of the molecule is CC#CCOC(=O)NCc1cc(-c2sc(-c3cccnc3)nc2-c2ccccc2)n[nH]1. The Morgan fingerprint density at radius 1 is 1.19 bits per heavy atom. The van der Waals surface area contributed by atoms with Crippen molar-refractivity contribution in [1.29, 1.82) is 0 Å². The van der Waals surface area contributed by atoms with Gasteiger partial charge >= 0.3 is 6.09 Å². The molecule has 0 aliphatic carbocycles. The molecule has 0 spiro atoms. The molecule has 3 heterocycles. The van der Waals surface area contributed by atoms with E-state index in [2.05, 4.69) is 32.3 Å². The highest BCUT2D eigenvalue weighted by Crippen LogP contribution is 2.39. The van der Waals surface area contributed by atoms with Gasteiger partial charge in [-0.05, 0) is 25.1 Å². The molecule has 3 aromatic heterocycles. The number of amides is 1. The Bertz CT molecular complexity index is 1220. The average molecular weight is 430 g/mol. The number of ether oxygens (including phenoxy) is 1. The van der Waals surface area contributed by atoms with E-state index in [1.807, 2.05) is 48.5 Å². The molecule has 0 aliphatic heterocycles. The predicted octanol–water partition coefficient (Wildman–Crippen LogP) is 4.51. The minimum Gasteiger partial charge on any atom is -0.436 e. The number of rotatable bonds is 6. The van der Waals surface area contributed by atoms with Crippen molar-refractivity contribution in [3.8, 4) is 44.2 Å². The lowest BCUT2D eigenvalue weighted by Gasteiger charge is -2.02. The van der Waals surface area contributed by atoms with Gasteiger partial charge in [-0.15, -0.1) is 17.3 Å². The van der Waals surface area contributed by atoms with Crippen molar-refractivity contribution in [3.63, 3.8) is 0 Å². The molecule has 0 saturated heterocycles. The van der Waals surface area contributed by atoms with E-state index in [1.165, 1.54) is 0 Å². The summed E-state index contributed by atoms with van der Waals surface area (Å²) in [6.07, 6.45) is 3.01. The molecule has 8 heteroatoms. The fraction of sp³-hybridized carbons (Fsp3) is 0.130.